The molecule has 0 saturated heterocycles. The number of thiazole rings is 1. The van der Waals surface area contributed by atoms with Gasteiger partial charge >= 0.3 is 0 Å². The summed E-state index contributed by atoms with van der Waals surface area (Å²) in [6.45, 7) is 4.52. The first kappa shape index (κ1) is 35.4. The normalized spacial score (nSPS) is 19.4. The largest absolute Gasteiger partial charge is 0.390 e. The van der Waals surface area contributed by atoms with Crippen LogP contribution in [0.2, 0.25) is 0 Å². The zero-order valence-electron chi connectivity index (χ0n) is 26.9. The molecule has 3 amide bonds. The summed E-state index contributed by atoms with van der Waals surface area (Å²) in [4.78, 5) is 48.1. The number of carbonyl (C=O) groups is 3. The van der Waals surface area contributed by atoms with Gasteiger partial charge in [-0.1, -0.05) is 65.2 Å². The maximum absolute atomic E-state index is 14.0. The fourth-order valence-electron chi connectivity index (χ4n) is 6.69. The maximum atomic E-state index is 14.0. The van der Waals surface area contributed by atoms with Crippen molar-refractivity contribution in [2.45, 2.75) is 122 Å². The molecule has 0 spiro atoms. The van der Waals surface area contributed by atoms with Gasteiger partial charge in [-0.25, -0.2) is 4.98 Å². The Labute approximate surface area is 262 Å². The van der Waals surface area contributed by atoms with E-state index < -0.39 is 24.2 Å². The molecule has 2 aliphatic rings. The Bertz CT molecular complexity index is 976. The van der Waals surface area contributed by atoms with Gasteiger partial charge in [0.2, 0.25) is 17.7 Å². The van der Waals surface area contributed by atoms with E-state index in [0.717, 1.165) is 57.1 Å². The molecule has 1 aromatic rings. The minimum absolute atomic E-state index is 0.00220. The van der Waals surface area contributed by atoms with Crippen molar-refractivity contribution in [3.63, 3.8) is 0 Å². The molecular weight excluding hydrogens is 564 g/mol. The first-order chi connectivity index (χ1) is 20.5. The smallest absolute Gasteiger partial charge is 0.241 e. The predicted molar refractivity (Wildman–Crippen MR) is 170 cm³/mol. The predicted octanol–water partition coefficient (Wildman–Crippen LogP) is 4.41. The Kier molecular flexibility index (Phi) is 14.9. The lowest BCUT2D eigenvalue weighted by molar-refractivity contribution is -0.142. The van der Waals surface area contributed by atoms with Gasteiger partial charge in [0.05, 0.1) is 35.8 Å². The van der Waals surface area contributed by atoms with Gasteiger partial charge in [-0.15, -0.1) is 11.3 Å². The number of aliphatic hydroxyl groups is 2. The average Bonchev–Trinajstić information content (AvgIpc) is 3.49. The number of carbonyl (C=O) groups excluding carboxylic acids is 3. The third-order valence-electron chi connectivity index (χ3n) is 9.27. The highest BCUT2D eigenvalue weighted by atomic mass is 32.1. The molecule has 0 aromatic carbocycles. The van der Waals surface area contributed by atoms with Crippen molar-refractivity contribution in [1.29, 1.82) is 0 Å². The van der Waals surface area contributed by atoms with Crippen LogP contribution in [-0.4, -0.2) is 88.2 Å². The van der Waals surface area contributed by atoms with Crippen molar-refractivity contribution in [1.82, 2.24) is 20.1 Å². The molecule has 4 atom stereocenters. The van der Waals surface area contributed by atoms with Crippen LogP contribution in [0.5, 0.6) is 0 Å². The second-order valence-corrected chi connectivity index (χ2v) is 14.4. The van der Waals surface area contributed by atoms with E-state index in [2.05, 4.69) is 10.3 Å². The van der Waals surface area contributed by atoms with Gasteiger partial charge in [0.15, 0.2) is 0 Å². The zero-order chi connectivity index (χ0) is 31.4. The van der Waals surface area contributed by atoms with Crippen LogP contribution in [0.3, 0.4) is 0 Å². The number of rotatable bonds is 16. The molecule has 10 heteroatoms. The van der Waals surface area contributed by atoms with Crippen molar-refractivity contribution >= 4 is 29.1 Å². The van der Waals surface area contributed by atoms with Gasteiger partial charge in [0.1, 0.15) is 6.10 Å². The van der Waals surface area contributed by atoms with Crippen molar-refractivity contribution in [3.05, 3.63) is 16.6 Å². The Morgan fingerprint density at radius 3 is 2.16 bits per heavy atom. The summed E-state index contributed by atoms with van der Waals surface area (Å²) in [6, 6.07) is -0.606. The summed E-state index contributed by atoms with van der Waals surface area (Å²) < 4.78 is 0. The van der Waals surface area contributed by atoms with E-state index >= 15 is 0 Å². The van der Waals surface area contributed by atoms with E-state index in [4.69, 9.17) is 0 Å². The number of nitrogens with zero attached hydrogens (tertiary/aromatic N) is 3. The molecule has 0 radical (unpaired) electrons. The van der Waals surface area contributed by atoms with E-state index in [1.165, 1.54) is 29.1 Å². The van der Waals surface area contributed by atoms with Crippen LogP contribution < -0.4 is 5.32 Å². The summed E-state index contributed by atoms with van der Waals surface area (Å²) in [5.74, 6) is -0.432. The van der Waals surface area contributed by atoms with Gasteiger partial charge in [-0.05, 0) is 43.4 Å². The first-order valence-corrected chi connectivity index (χ1v) is 17.5. The lowest BCUT2D eigenvalue weighted by Crippen LogP contribution is -2.52. The summed E-state index contributed by atoms with van der Waals surface area (Å²) >= 11 is 1.44. The van der Waals surface area contributed by atoms with Crippen LogP contribution in [0.25, 0.3) is 0 Å². The summed E-state index contributed by atoms with van der Waals surface area (Å²) in [6.07, 6.45) is 10.4. The zero-order valence-corrected chi connectivity index (χ0v) is 27.7. The molecule has 43 heavy (non-hydrogen) atoms. The molecule has 3 rings (SSSR count). The Balaban J connectivity index is 1.79. The molecule has 2 aliphatic carbocycles. The number of hydrogen-bond donors (Lipinski definition) is 3. The van der Waals surface area contributed by atoms with Crippen LogP contribution in [0.15, 0.2) is 10.9 Å². The summed E-state index contributed by atoms with van der Waals surface area (Å²) in [5.41, 5.74) is 2.46. The van der Waals surface area contributed by atoms with E-state index in [9.17, 15) is 24.6 Å². The quantitative estimate of drug-likeness (QED) is 0.252. The van der Waals surface area contributed by atoms with Gasteiger partial charge in [-0.3, -0.25) is 14.4 Å². The number of aromatic nitrogens is 1. The third-order valence-corrected chi connectivity index (χ3v) is 9.91. The Morgan fingerprint density at radius 1 is 0.977 bits per heavy atom. The van der Waals surface area contributed by atoms with Crippen molar-refractivity contribution in [3.8, 4) is 0 Å². The molecule has 2 saturated carbocycles. The van der Waals surface area contributed by atoms with Crippen LogP contribution in [-0.2, 0) is 20.8 Å². The molecule has 1 heterocycles. The first-order valence-electron chi connectivity index (χ1n) is 16.5. The van der Waals surface area contributed by atoms with Crippen molar-refractivity contribution in [2.24, 2.45) is 23.7 Å². The highest BCUT2D eigenvalue weighted by Crippen LogP contribution is 2.30. The number of likely N-dealkylation sites (N-methyl/N-ethyl adjacent to an activating group) is 1. The van der Waals surface area contributed by atoms with Crippen LogP contribution in [0, 0.1) is 23.7 Å². The number of amides is 3. The monoisotopic (exact) mass is 620 g/mol. The second kappa shape index (κ2) is 18.1. The van der Waals surface area contributed by atoms with E-state index in [1.807, 2.05) is 19.2 Å². The number of hydrogen-bond acceptors (Lipinski definition) is 7. The minimum atomic E-state index is -1.09. The van der Waals surface area contributed by atoms with Crippen molar-refractivity contribution < 1.29 is 24.6 Å². The highest BCUT2D eigenvalue weighted by Gasteiger charge is 2.34. The minimum Gasteiger partial charge on any atom is -0.390 e. The van der Waals surface area contributed by atoms with Crippen LogP contribution in [0.4, 0.5) is 0 Å². The van der Waals surface area contributed by atoms with Crippen LogP contribution >= 0.6 is 11.3 Å². The molecule has 1 aromatic heterocycles. The van der Waals surface area contributed by atoms with Gasteiger partial charge in [-0.2, -0.15) is 0 Å². The van der Waals surface area contributed by atoms with Crippen molar-refractivity contribution in [2.75, 3.05) is 27.2 Å². The second-order valence-electron chi connectivity index (χ2n) is 13.7. The third kappa shape index (κ3) is 12.1. The maximum Gasteiger partial charge on any atom is 0.241 e. The molecule has 0 unspecified atom stereocenters. The number of aliphatic hydroxyl groups excluding tert-OH is 2. The highest BCUT2D eigenvalue weighted by molar-refractivity contribution is 7.07. The van der Waals surface area contributed by atoms with E-state index in [0.29, 0.717) is 37.6 Å². The SMILES string of the molecule is CC(C)C[C@H](O)[C@H](O)[C@H](CC1CCCCC1)NC(=O)[C@H](CC(=O)N(CC(=O)N(C)C)CC1CCCCC1)Cc1cscn1. The summed E-state index contributed by atoms with van der Waals surface area (Å²) in [7, 11) is 3.38. The Hall–Kier alpha value is -2.04. The topological polar surface area (TPSA) is 123 Å². The van der Waals surface area contributed by atoms with Gasteiger partial charge in [0.25, 0.3) is 0 Å². The van der Waals surface area contributed by atoms with E-state index in [-0.39, 0.29) is 36.6 Å². The summed E-state index contributed by atoms with van der Waals surface area (Å²) in [5, 5.41) is 27.1. The van der Waals surface area contributed by atoms with Crippen LogP contribution in [0.1, 0.15) is 103 Å². The standard InChI is InChI=1S/C33H56N4O5S/c1-23(2)15-29(38)32(41)28(16-24-11-7-5-8-12-24)35-33(42)26(17-27-21-43-22-34-27)18-30(39)37(20-31(40)36(3)4)19-25-13-9-6-10-14-25/h21-26,28-29,32,38,41H,5-20H2,1-4H3,(H,35,42)/t26-,28-,29-,32+/m0/s1. The molecular formula is C33H56N4O5S. The molecule has 0 aliphatic heterocycles. The number of nitrogens with one attached hydrogen (secondary N) is 1. The lowest BCUT2D eigenvalue weighted by Gasteiger charge is -2.34. The fraction of sp³-hybridized carbons (Fsp3) is 0.818. The lowest BCUT2D eigenvalue weighted by atomic mass is 9.82. The average molecular weight is 621 g/mol. The Morgan fingerprint density at radius 2 is 1.60 bits per heavy atom. The van der Waals surface area contributed by atoms with Gasteiger partial charge in [0, 0.05) is 38.9 Å². The fourth-order valence-corrected chi connectivity index (χ4v) is 7.26. The molecule has 3 N–H and O–H groups in total. The van der Waals surface area contributed by atoms with E-state index in [1.54, 1.807) is 24.5 Å². The molecule has 9 nitrogen and oxygen atoms in total. The van der Waals surface area contributed by atoms with Gasteiger partial charge < -0.3 is 25.3 Å². The molecule has 244 valence electrons. The molecule has 2 fully saturated rings. The molecule has 0 bridgehead atoms.